The minimum atomic E-state index is -0.251. The van der Waals surface area contributed by atoms with Crippen LogP contribution in [0.1, 0.15) is 30.4 Å². The molecule has 2 N–H and O–H groups in total. The fourth-order valence-corrected chi connectivity index (χ4v) is 3.05. The lowest BCUT2D eigenvalue weighted by Crippen LogP contribution is -2.36. The highest BCUT2D eigenvalue weighted by atomic mass is 19.1. The molecule has 0 aliphatic carbocycles. The highest BCUT2D eigenvalue weighted by molar-refractivity contribution is 5.73. The molecule has 0 unspecified atom stereocenters. The van der Waals surface area contributed by atoms with E-state index in [1.165, 1.54) is 31.4 Å². The quantitative estimate of drug-likeness (QED) is 0.835. The molecule has 1 aromatic carbocycles. The zero-order valence-electron chi connectivity index (χ0n) is 14.9. The number of nitrogens with one attached hydrogen (secondary N) is 2. The van der Waals surface area contributed by atoms with E-state index >= 15 is 0 Å². The van der Waals surface area contributed by atoms with Gasteiger partial charge in [0.05, 0.1) is 0 Å². The molecule has 1 fully saturated rings. The summed E-state index contributed by atoms with van der Waals surface area (Å²) in [6, 6.07) is 10.1. The lowest BCUT2D eigenvalue weighted by Gasteiger charge is -2.27. The molecule has 0 saturated carbocycles. The van der Waals surface area contributed by atoms with Crippen LogP contribution in [-0.4, -0.2) is 30.6 Å². The summed E-state index contributed by atoms with van der Waals surface area (Å²) < 4.78 is 12.8. The van der Waals surface area contributed by atoms with Gasteiger partial charge in [-0.25, -0.2) is 14.2 Å². The number of hydrogen-bond donors (Lipinski definition) is 2. The van der Waals surface area contributed by atoms with Crippen LogP contribution in [-0.2, 0) is 13.0 Å². The van der Waals surface area contributed by atoms with Crippen molar-refractivity contribution in [2.45, 2.75) is 32.2 Å². The van der Waals surface area contributed by atoms with Gasteiger partial charge in [0.2, 0.25) is 0 Å². The predicted octanol–water partition coefficient (Wildman–Crippen LogP) is 3.25. The van der Waals surface area contributed by atoms with Crippen LogP contribution in [0.4, 0.5) is 15.0 Å². The summed E-state index contributed by atoms with van der Waals surface area (Å²) >= 11 is 0. The van der Waals surface area contributed by atoms with Crippen molar-refractivity contribution in [1.29, 1.82) is 0 Å². The van der Waals surface area contributed by atoms with Crippen molar-refractivity contribution in [1.82, 2.24) is 15.6 Å². The second-order valence-corrected chi connectivity index (χ2v) is 6.56. The normalized spacial score (nSPS) is 14.1. The Morgan fingerprint density at radius 3 is 2.42 bits per heavy atom. The van der Waals surface area contributed by atoms with Crippen molar-refractivity contribution >= 4 is 11.8 Å². The molecule has 1 aromatic heterocycles. The van der Waals surface area contributed by atoms with E-state index in [0.29, 0.717) is 19.5 Å². The van der Waals surface area contributed by atoms with Gasteiger partial charge in [0, 0.05) is 32.4 Å². The van der Waals surface area contributed by atoms with Gasteiger partial charge in [0.1, 0.15) is 11.6 Å². The SMILES string of the molecule is O=C(NCCc1ccc(F)cc1)NCc1ccc(N2CCCCC2)nc1. The number of nitrogens with zero attached hydrogens (tertiary/aromatic N) is 2. The average molecular weight is 356 g/mol. The number of aromatic nitrogens is 1. The van der Waals surface area contributed by atoms with E-state index in [1.807, 2.05) is 18.3 Å². The fraction of sp³-hybridized carbons (Fsp3) is 0.400. The van der Waals surface area contributed by atoms with E-state index in [0.717, 1.165) is 30.0 Å². The van der Waals surface area contributed by atoms with Crippen molar-refractivity contribution in [2.24, 2.45) is 0 Å². The molecular formula is C20H25FN4O. The van der Waals surface area contributed by atoms with E-state index in [2.05, 4.69) is 20.5 Å². The number of anilines is 1. The number of halogens is 1. The molecule has 0 radical (unpaired) electrons. The van der Waals surface area contributed by atoms with Gasteiger partial charge in [-0.15, -0.1) is 0 Å². The first-order valence-electron chi connectivity index (χ1n) is 9.17. The summed E-state index contributed by atoms with van der Waals surface area (Å²) in [5.41, 5.74) is 1.96. The molecule has 26 heavy (non-hydrogen) atoms. The van der Waals surface area contributed by atoms with Crippen molar-refractivity contribution in [3.63, 3.8) is 0 Å². The molecule has 1 aliphatic heterocycles. The number of pyridine rings is 1. The molecule has 1 aliphatic rings. The van der Waals surface area contributed by atoms with Crippen LogP contribution >= 0.6 is 0 Å². The van der Waals surface area contributed by atoms with Crippen LogP contribution in [0.2, 0.25) is 0 Å². The van der Waals surface area contributed by atoms with Gasteiger partial charge in [0.25, 0.3) is 0 Å². The predicted molar refractivity (Wildman–Crippen MR) is 101 cm³/mol. The molecule has 0 bridgehead atoms. The topological polar surface area (TPSA) is 57.3 Å². The number of carbonyl (C=O) groups excluding carboxylic acids is 1. The summed E-state index contributed by atoms with van der Waals surface area (Å²) in [5, 5.41) is 5.64. The Hall–Kier alpha value is -2.63. The summed E-state index contributed by atoms with van der Waals surface area (Å²) in [5.74, 6) is 0.761. The van der Waals surface area contributed by atoms with Crippen molar-refractivity contribution in [2.75, 3.05) is 24.5 Å². The summed E-state index contributed by atoms with van der Waals surface area (Å²) in [6.07, 6.45) is 6.24. The number of piperidine rings is 1. The van der Waals surface area contributed by atoms with Crippen LogP contribution in [0.3, 0.4) is 0 Å². The Kier molecular flexibility index (Phi) is 6.41. The first kappa shape index (κ1) is 18.2. The maximum atomic E-state index is 12.8. The number of urea groups is 1. The molecule has 2 amide bonds. The maximum Gasteiger partial charge on any atom is 0.315 e. The third-order valence-electron chi connectivity index (χ3n) is 4.55. The number of benzene rings is 1. The van der Waals surface area contributed by atoms with Crippen molar-refractivity contribution in [3.8, 4) is 0 Å². The Morgan fingerprint density at radius 1 is 1.00 bits per heavy atom. The zero-order chi connectivity index (χ0) is 18.2. The van der Waals surface area contributed by atoms with Crippen LogP contribution in [0.15, 0.2) is 42.6 Å². The van der Waals surface area contributed by atoms with E-state index in [4.69, 9.17) is 0 Å². The van der Waals surface area contributed by atoms with Gasteiger partial charge in [-0.3, -0.25) is 0 Å². The smallest absolute Gasteiger partial charge is 0.315 e. The first-order valence-corrected chi connectivity index (χ1v) is 9.17. The van der Waals surface area contributed by atoms with E-state index in [1.54, 1.807) is 12.1 Å². The van der Waals surface area contributed by atoms with Crippen LogP contribution in [0.25, 0.3) is 0 Å². The zero-order valence-corrected chi connectivity index (χ0v) is 14.9. The van der Waals surface area contributed by atoms with Crippen LogP contribution < -0.4 is 15.5 Å². The lowest BCUT2D eigenvalue weighted by molar-refractivity contribution is 0.240. The average Bonchev–Trinajstić information content (AvgIpc) is 2.69. The minimum Gasteiger partial charge on any atom is -0.357 e. The molecule has 2 aromatic rings. The van der Waals surface area contributed by atoms with Gasteiger partial charge in [-0.1, -0.05) is 18.2 Å². The van der Waals surface area contributed by atoms with Gasteiger partial charge in [-0.05, 0) is 55.0 Å². The lowest BCUT2D eigenvalue weighted by atomic mass is 10.1. The van der Waals surface area contributed by atoms with Crippen molar-refractivity contribution in [3.05, 3.63) is 59.5 Å². The fourth-order valence-electron chi connectivity index (χ4n) is 3.05. The molecular weight excluding hydrogens is 331 g/mol. The van der Waals surface area contributed by atoms with Crippen LogP contribution in [0, 0.1) is 5.82 Å². The molecule has 3 rings (SSSR count). The van der Waals surface area contributed by atoms with E-state index in [9.17, 15) is 9.18 Å². The van der Waals surface area contributed by atoms with E-state index < -0.39 is 0 Å². The Balaban J connectivity index is 1.37. The second-order valence-electron chi connectivity index (χ2n) is 6.56. The molecule has 2 heterocycles. The number of rotatable bonds is 6. The number of hydrogen-bond acceptors (Lipinski definition) is 3. The molecule has 0 atom stereocenters. The third-order valence-corrected chi connectivity index (χ3v) is 4.55. The molecule has 6 heteroatoms. The molecule has 5 nitrogen and oxygen atoms in total. The summed E-state index contributed by atoms with van der Waals surface area (Å²) in [4.78, 5) is 18.7. The summed E-state index contributed by atoms with van der Waals surface area (Å²) in [6.45, 7) is 3.08. The van der Waals surface area contributed by atoms with Crippen molar-refractivity contribution < 1.29 is 9.18 Å². The Morgan fingerprint density at radius 2 is 1.73 bits per heavy atom. The van der Waals surface area contributed by atoms with Gasteiger partial charge < -0.3 is 15.5 Å². The van der Waals surface area contributed by atoms with Gasteiger partial charge >= 0.3 is 6.03 Å². The Bertz CT molecular complexity index is 697. The number of carbonyl (C=O) groups is 1. The first-order chi connectivity index (χ1) is 12.7. The monoisotopic (exact) mass is 356 g/mol. The Labute approximate surface area is 153 Å². The largest absolute Gasteiger partial charge is 0.357 e. The molecule has 138 valence electrons. The molecule has 1 saturated heterocycles. The number of amides is 2. The second kappa shape index (κ2) is 9.17. The standard InChI is InChI=1S/C20H25FN4O/c21-18-7-4-16(5-8-18)10-11-22-20(26)24-15-17-6-9-19(23-14-17)25-12-2-1-3-13-25/h4-9,14H,1-3,10-13,15H2,(H2,22,24,26). The highest BCUT2D eigenvalue weighted by Crippen LogP contribution is 2.17. The van der Waals surface area contributed by atoms with E-state index in [-0.39, 0.29) is 11.8 Å². The maximum absolute atomic E-state index is 12.8. The van der Waals surface area contributed by atoms with Gasteiger partial charge in [-0.2, -0.15) is 0 Å². The highest BCUT2D eigenvalue weighted by Gasteiger charge is 2.11. The van der Waals surface area contributed by atoms with Gasteiger partial charge in [0.15, 0.2) is 0 Å². The summed E-state index contributed by atoms with van der Waals surface area (Å²) in [7, 11) is 0. The molecule has 0 spiro atoms. The van der Waals surface area contributed by atoms with Crippen LogP contribution in [0.5, 0.6) is 0 Å². The minimum absolute atomic E-state index is 0.216. The third kappa shape index (κ3) is 5.44.